The maximum Gasteiger partial charge on any atom is 0.236 e. The number of amides is 1. The molecule has 5 nitrogen and oxygen atoms in total. The van der Waals surface area contributed by atoms with Crippen LogP contribution in [0.3, 0.4) is 0 Å². The molecule has 6 heteroatoms. The summed E-state index contributed by atoms with van der Waals surface area (Å²) < 4.78 is 1.80. The van der Waals surface area contributed by atoms with E-state index >= 15 is 0 Å². The van der Waals surface area contributed by atoms with Crippen molar-refractivity contribution in [2.45, 2.75) is 6.54 Å². The van der Waals surface area contributed by atoms with Crippen LogP contribution in [0.1, 0.15) is 5.82 Å². The molecule has 1 aromatic rings. The van der Waals surface area contributed by atoms with Crippen LogP contribution in [0.5, 0.6) is 0 Å². The Morgan fingerprint density at radius 2 is 2.12 bits per heavy atom. The summed E-state index contributed by atoms with van der Waals surface area (Å²) in [6, 6.07) is 0. The number of hydrogen-bond donors (Lipinski definition) is 0. The summed E-state index contributed by atoms with van der Waals surface area (Å²) in [7, 11) is 7.22. The molecule has 0 unspecified atom stereocenters. The van der Waals surface area contributed by atoms with Gasteiger partial charge in [-0.15, -0.1) is 0 Å². The standard InChI is InChI=1S/C10H17ClN4O/c1-13(2)10(16)7-14(3)6-9-12-5-8(11)15(9)4/h5H,6-7H2,1-4H3. The molecule has 90 valence electrons. The first-order valence-corrected chi connectivity index (χ1v) is 5.34. The number of carbonyl (C=O) groups excluding carboxylic acids is 1. The molecular weight excluding hydrogens is 228 g/mol. The lowest BCUT2D eigenvalue weighted by molar-refractivity contribution is -0.129. The molecule has 0 spiro atoms. The van der Waals surface area contributed by atoms with E-state index in [-0.39, 0.29) is 5.91 Å². The van der Waals surface area contributed by atoms with Crippen molar-refractivity contribution in [2.75, 3.05) is 27.7 Å². The first-order valence-electron chi connectivity index (χ1n) is 4.96. The fourth-order valence-corrected chi connectivity index (χ4v) is 1.39. The van der Waals surface area contributed by atoms with Gasteiger partial charge in [0.15, 0.2) is 0 Å². The van der Waals surface area contributed by atoms with Crippen molar-refractivity contribution >= 4 is 17.5 Å². The Balaban J connectivity index is 2.55. The average Bonchev–Trinajstić information content (AvgIpc) is 2.49. The number of nitrogens with zero attached hydrogens (tertiary/aromatic N) is 4. The van der Waals surface area contributed by atoms with Gasteiger partial charge in [0.25, 0.3) is 0 Å². The number of likely N-dealkylation sites (N-methyl/N-ethyl adjacent to an activating group) is 2. The van der Waals surface area contributed by atoms with Crippen molar-refractivity contribution in [3.05, 3.63) is 17.2 Å². The zero-order valence-corrected chi connectivity index (χ0v) is 10.8. The van der Waals surface area contributed by atoms with E-state index in [2.05, 4.69) is 4.98 Å². The first kappa shape index (κ1) is 13.0. The van der Waals surface area contributed by atoms with E-state index in [0.29, 0.717) is 18.2 Å². The van der Waals surface area contributed by atoms with Gasteiger partial charge in [0.2, 0.25) is 5.91 Å². The summed E-state index contributed by atoms with van der Waals surface area (Å²) in [6.45, 7) is 0.972. The topological polar surface area (TPSA) is 41.4 Å². The van der Waals surface area contributed by atoms with Crippen LogP contribution in [-0.4, -0.2) is 52.9 Å². The second kappa shape index (κ2) is 5.32. The summed E-state index contributed by atoms with van der Waals surface area (Å²) in [5, 5.41) is 0.599. The lowest BCUT2D eigenvalue weighted by Gasteiger charge is -2.18. The molecule has 0 aliphatic carbocycles. The Hall–Kier alpha value is -1.07. The minimum Gasteiger partial charge on any atom is -0.348 e. The highest BCUT2D eigenvalue weighted by Crippen LogP contribution is 2.10. The van der Waals surface area contributed by atoms with Gasteiger partial charge in [0.1, 0.15) is 11.0 Å². The molecule has 0 bridgehead atoms. The van der Waals surface area contributed by atoms with Crippen molar-refractivity contribution in [2.24, 2.45) is 7.05 Å². The quantitative estimate of drug-likeness (QED) is 0.779. The fraction of sp³-hybridized carbons (Fsp3) is 0.600. The third-order valence-corrected chi connectivity index (χ3v) is 2.69. The molecule has 0 N–H and O–H groups in total. The molecule has 1 heterocycles. The average molecular weight is 245 g/mol. The molecular formula is C10H17ClN4O. The maximum atomic E-state index is 11.5. The Morgan fingerprint density at radius 3 is 2.56 bits per heavy atom. The maximum absolute atomic E-state index is 11.5. The van der Waals surface area contributed by atoms with Gasteiger partial charge < -0.3 is 9.47 Å². The number of aromatic nitrogens is 2. The Kier molecular flexibility index (Phi) is 4.32. The van der Waals surface area contributed by atoms with Crippen LogP contribution in [0.4, 0.5) is 0 Å². The second-order valence-electron chi connectivity index (χ2n) is 4.02. The number of carbonyl (C=O) groups is 1. The monoisotopic (exact) mass is 244 g/mol. The lowest BCUT2D eigenvalue weighted by atomic mass is 10.4. The Morgan fingerprint density at radius 1 is 1.50 bits per heavy atom. The SMILES string of the molecule is CN(CC(=O)N(C)C)Cc1ncc(Cl)n1C. The van der Waals surface area contributed by atoms with Crippen molar-refractivity contribution < 1.29 is 4.79 Å². The smallest absolute Gasteiger partial charge is 0.236 e. The number of hydrogen-bond acceptors (Lipinski definition) is 3. The number of imidazole rings is 1. The predicted molar refractivity (Wildman–Crippen MR) is 63.2 cm³/mol. The minimum absolute atomic E-state index is 0.0720. The van der Waals surface area contributed by atoms with Crippen molar-refractivity contribution in [3.63, 3.8) is 0 Å². The molecule has 0 fully saturated rings. The zero-order chi connectivity index (χ0) is 12.3. The van der Waals surface area contributed by atoms with Crippen LogP contribution >= 0.6 is 11.6 Å². The van der Waals surface area contributed by atoms with E-state index < -0.39 is 0 Å². The van der Waals surface area contributed by atoms with Gasteiger partial charge >= 0.3 is 0 Å². The van der Waals surface area contributed by atoms with Crippen LogP contribution in [0, 0.1) is 0 Å². The Labute approximate surface area is 101 Å². The molecule has 0 aliphatic rings. The molecule has 0 saturated carbocycles. The molecule has 1 amide bonds. The van der Waals surface area contributed by atoms with Crippen LogP contribution in [-0.2, 0) is 18.4 Å². The van der Waals surface area contributed by atoms with Crippen molar-refractivity contribution in [1.29, 1.82) is 0 Å². The van der Waals surface area contributed by atoms with Crippen LogP contribution in [0.15, 0.2) is 6.20 Å². The number of halogens is 1. The van der Waals surface area contributed by atoms with E-state index in [1.165, 1.54) is 0 Å². The lowest BCUT2D eigenvalue weighted by Crippen LogP contribution is -2.34. The van der Waals surface area contributed by atoms with Gasteiger partial charge in [0, 0.05) is 21.1 Å². The fourth-order valence-electron chi connectivity index (χ4n) is 1.24. The molecule has 0 radical (unpaired) electrons. The van der Waals surface area contributed by atoms with Gasteiger partial charge in [-0.05, 0) is 7.05 Å². The van der Waals surface area contributed by atoms with Crippen molar-refractivity contribution in [3.8, 4) is 0 Å². The normalized spacial score (nSPS) is 10.9. The number of rotatable bonds is 4. The summed E-state index contributed by atoms with van der Waals surface area (Å²) in [5.41, 5.74) is 0. The third-order valence-electron chi connectivity index (χ3n) is 2.34. The largest absolute Gasteiger partial charge is 0.348 e. The van der Waals surface area contributed by atoms with Crippen LogP contribution in [0.2, 0.25) is 5.15 Å². The summed E-state index contributed by atoms with van der Waals surface area (Å²) in [5.74, 6) is 0.918. The molecule has 1 aromatic heterocycles. The molecule has 0 aliphatic heterocycles. The van der Waals surface area contributed by atoms with E-state index in [9.17, 15) is 4.79 Å². The van der Waals surface area contributed by atoms with E-state index in [4.69, 9.17) is 11.6 Å². The predicted octanol–water partition coefficient (Wildman–Crippen LogP) is 0.593. The second-order valence-corrected chi connectivity index (χ2v) is 4.40. The highest BCUT2D eigenvalue weighted by molar-refractivity contribution is 6.29. The molecule has 0 saturated heterocycles. The molecule has 16 heavy (non-hydrogen) atoms. The summed E-state index contributed by atoms with van der Waals surface area (Å²) in [4.78, 5) is 19.1. The van der Waals surface area contributed by atoms with Crippen molar-refractivity contribution in [1.82, 2.24) is 19.4 Å². The van der Waals surface area contributed by atoms with Gasteiger partial charge in [-0.1, -0.05) is 11.6 Å². The summed E-state index contributed by atoms with van der Waals surface area (Å²) in [6.07, 6.45) is 1.61. The van der Waals surface area contributed by atoms with Gasteiger partial charge in [-0.25, -0.2) is 4.98 Å². The van der Waals surface area contributed by atoms with E-state index in [1.807, 2.05) is 19.0 Å². The van der Waals surface area contributed by atoms with Crippen LogP contribution < -0.4 is 0 Å². The zero-order valence-electron chi connectivity index (χ0n) is 10.1. The first-order chi connectivity index (χ1) is 7.41. The highest BCUT2D eigenvalue weighted by Gasteiger charge is 2.11. The van der Waals surface area contributed by atoms with Gasteiger partial charge in [0.05, 0.1) is 19.3 Å². The molecule has 0 atom stereocenters. The Bertz CT molecular complexity index is 375. The minimum atomic E-state index is 0.0720. The third kappa shape index (κ3) is 3.21. The summed E-state index contributed by atoms with van der Waals surface area (Å²) >= 11 is 5.88. The van der Waals surface area contributed by atoms with E-state index in [1.54, 1.807) is 29.8 Å². The van der Waals surface area contributed by atoms with Crippen LogP contribution in [0.25, 0.3) is 0 Å². The highest BCUT2D eigenvalue weighted by atomic mass is 35.5. The van der Waals surface area contributed by atoms with Gasteiger partial charge in [-0.2, -0.15) is 0 Å². The van der Waals surface area contributed by atoms with E-state index in [0.717, 1.165) is 5.82 Å². The van der Waals surface area contributed by atoms with Gasteiger partial charge in [-0.3, -0.25) is 9.69 Å². The molecule has 0 aromatic carbocycles. The molecule has 1 rings (SSSR count).